The Labute approximate surface area is 107 Å². The summed E-state index contributed by atoms with van der Waals surface area (Å²) < 4.78 is 1.83. The van der Waals surface area contributed by atoms with E-state index in [1.54, 1.807) is 6.20 Å². The molecular weight excluding hydrogens is 226 g/mol. The maximum atomic E-state index is 9.10. The van der Waals surface area contributed by atoms with Gasteiger partial charge >= 0.3 is 0 Å². The molecule has 0 fully saturated rings. The summed E-state index contributed by atoms with van der Waals surface area (Å²) in [6, 6.07) is 10.3. The fraction of sp³-hybridized carbons (Fsp3) is 0.357. The molecule has 1 aromatic heterocycles. The minimum absolute atomic E-state index is 0.177. The van der Waals surface area contributed by atoms with Crippen LogP contribution in [0.3, 0.4) is 0 Å². The lowest BCUT2D eigenvalue weighted by Gasteiger charge is -2.14. The Morgan fingerprint density at radius 1 is 1.33 bits per heavy atom. The maximum absolute atomic E-state index is 9.10. The van der Waals surface area contributed by atoms with E-state index in [9.17, 15) is 0 Å². The van der Waals surface area contributed by atoms with Gasteiger partial charge in [-0.3, -0.25) is 0 Å². The largest absolute Gasteiger partial charge is 0.395 e. The summed E-state index contributed by atoms with van der Waals surface area (Å²) in [6.07, 6.45) is 4.62. The molecule has 4 nitrogen and oxygen atoms in total. The van der Waals surface area contributed by atoms with Crippen molar-refractivity contribution < 1.29 is 5.11 Å². The number of hydrogen-bond acceptors (Lipinski definition) is 3. The van der Waals surface area contributed by atoms with E-state index in [1.165, 1.54) is 5.56 Å². The van der Waals surface area contributed by atoms with E-state index < -0.39 is 0 Å². The highest BCUT2D eigenvalue weighted by atomic mass is 16.3. The predicted octanol–water partition coefficient (Wildman–Crippen LogP) is 1.73. The monoisotopic (exact) mass is 245 g/mol. The van der Waals surface area contributed by atoms with Crippen molar-refractivity contribution in [1.29, 1.82) is 0 Å². The highest BCUT2D eigenvalue weighted by molar-refractivity contribution is 5.33. The molecule has 1 heterocycles. The molecule has 0 amide bonds. The van der Waals surface area contributed by atoms with Crippen LogP contribution >= 0.6 is 0 Å². The molecule has 4 heteroatoms. The lowest BCUT2D eigenvalue weighted by molar-refractivity contribution is 0.238. The quantitative estimate of drug-likeness (QED) is 0.815. The summed E-state index contributed by atoms with van der Waals surface area (Å²) in [5, 5.41) is 16.6. The van der Waals surface area contributed by atoms with Gasteiger partial charge in [0.15, 0.2) is 0 Å². The highest BCUT2D eigenvalue weighted by Gasteiger charge is 2.03. The molecule has 2 N–H and O–H groups in total. The van der Waals surface area contributed by atoms with Gasteiger partial charge in [0, 0.05) is 25.0 Å². The van der Waals surface area contributed by atoms with Gasteiger partial charge in [0.2, 0.25) is 0 Å². The molecule has 0 aliphatic heterocycles. The molecular formula is C14H19N3O. The van der Waals surface area contributed by atoms with E-state index in [0.717, 1.165) is 18.7 Å². The van der Waals surface area contributed by atoms with Crippen molar-refractivity contribution in [2.45, 2.75) is 25.9 Å². The zero-order valence-electron chi connectivity index (χ0n) is 10.6. The van der Waals surface area contributed by atoms with Gasteiger partial charge in [-0.05, 0) is 30.2 Å². The zero-order chi connectivity index (χ0) is 12.8. The summed E-state index contributed by atoms with van der Waals surface area (Å²) >= 11 is 0. The first-order valence-corrected chi connectivity index (χ1v) is 6.26. The van der Waals surface area contributed by atoms with Crippen LogP contribution in [0, 0.1) is 0 Å². The van der Waals surface area contributed by atoms with Gasteiger partial charge in [-0.2, -0.15) is 5.10 Å². The van der Waals surface area contributed by atoms with E-state index in [1.807, 2.05) is 29.1 Å². The Balaban J connectivity index is 1.96. The average Bonchev–Trinajstić information content (AvgIpc) is 2.94. The van der Waals surface area contributed by atoms with E-state index in [0.29, 0.717) is 0 Å². The maximum Gasteiger partial charge on any atom is 0.0645 e. The van der Waals surface area contributed by atoms with E-state index in [-0.39, 0.29) is 12.6 Å². The van der Waals surface area contributed by atoms with Gasteiger partial charge in [-0.15, -0.1) is 0 Å². The molecule has 0 spiro atoms. The van der Waals surface area contributed by atoms with E-state index in [4.69, 9.17) is 5.11 Å². The van der Waals surface area contributed by atoms with Gasteiger partial charge in [-0.25, -0.2) is 4.68 Å². The Bertz CT molecular complexity index is 446. The fourth-order valence-corrected chi connectivity index (χ4v) is 1.79. The second kappa shape index (κ2) is 6.33. The second-order valence-corrected chi connectivity index (χ2v) is 4.29. The van der Waals surface area contributed by atoms with Crippen LogP contribution in [0.1, 0.15) is 18.9 Å². The number of benzene rings is 1. The van der Waals surface area contributed by atoms with Gasteiger partial charge in [0.05, 0.1) is 12.3 Å². The number of nitrogens with one attached hydrogen (secondary N) is 1. The third-order valence-electron chi connectivity index (χ3n) is 3.01. The Morgan fingerprint density at radius 2 is 2.11 bits per heavy atom. The Kier molecular flexibility index (Phi) is 4.50. The number of aliphatic hydroxyl groups excluding tert-OH is 1. The number of rotatable bonds is 6. The molecule has 0 saturated carbocycles. The number of aliphatic hydroxyl groups is 1. The molecule has 2 rings (SSSR count). The molecule has 0 saturated heterocycles. The average molecular weight is 245 g/mol. The summed E-state index contributed by atoms with van der Waals surface area (Å²) in [5.74, 6) is 0. The topological polar surface area (TPSA) is 50.1 Å². The second-order valence-electron chi connectivity index (χ2n) is 4.29. The molecule has 1 atom stereocenters. The van der Waals surface area contributed by atoms with Crippen molar-refractivity contribution in [3.63, 3.8) is 0 Å². The molecule has 1 unspecified atom stereocenters. The first-order valence-electron chi connectivity index (χ1n) is 6.26. The lowest BCUT2D eigenvalue weighted by atomic mass is 10.2. The first kappa shape index (κ1) is 12.8. The van der Waals surface area contributed by atoms with Crippen molar-refractivity contribution in [3.05, 3.63) is 48.3 Å². The van der Waals surface area contributed by atoms with Gasteiger partial charge in [-0.1, -0.05) is 19.1 Å². The van der Waals surface area contributed by atoms with Crippen LogP contribution in [0.4, 0.5) is 0 Å². The fourth-order valence-electron chi connectivity index (χ4n) is 1.79. The molecule has 18 heavy (non-hydrogen) atoms. The lowest BCUT2D eigenvalue weighted by Crippen LogP contribution is -2.31. The van der Waals surface area contributed by atoms with Crippen LogP contribution in [-0.2, 0) is 6.54 Å². The number of hydrogen-bond donors (Lipinski definition) is 2. The first-order chi connectivity index (χ1) is 8.83. The SMILES string of the molecule is CCC(CO)NCc1ccc(-n2cccn2)cc1. The third kappa shape index (κ3) is 3.18. The normalized spacial score (nSPS) is 12.6. The van der Waals surface area contributed by atoms with Gasteiger partial charge in [0.25, 0.3) is 0 Å². The van der Waals surface area contributed by atoms with Crippen LogP contribution in [-0.4, -0.2) is 27.5 Å². The standard InChI is InChI=1S/C14H19N3O/c1-2-13(11-18)15-10-12-4-6-14(7-5-12)17-9-3-8-16-17/h3-9,13,15,18H,2,10-11H2,1H3. The van der Waals surface area contributed by atoms with Gasteiger partial charge in [0.1, 0.15) is 0 Å². The molecule has 0 bridgehead atoms. The Hall–Kier alpha value is -1.65. The third-order valence-corrected chi connectivity index (χ3v) is 3.01. The summed E-state index contributed by atoms with van der Waals surface area (Å²) in [7, 11) is 0. The van der Waals surface area contributed by atoms with Crippen molar-refractivity contribution in [1.82, 2.24) is 15.1 Å². The number of nitrogens with zero attached hydrogens (tertiary/aromatic N) is 2. The van der Waals surface area contributed by atoms with Crippen LogP contribution < -0.4 is 5.32 Å². The molecule has 2 aromatic rings. The van der Waals surface area contributed by atoms with Crippen LogP contribution in [0.2, 0.25) is 0 Å². The van der Waals surface area contributed by atoms with Crippen molar-refractivity contribution in [2.75, 3.05) is 6.61 Å². The van der Waals surface area contributed by atoms with Crippen LogP contribution in [0.15, 0.2) is 42.7 Å². The summed E-state index contributed by atoms with van der Waals surface area (Å²) in [6.45, 7) is 3.02. The molecule has 1 aromatic carbocycles. The highest BCUT2D eigenvalue weighted by Crippen LogP contribution is 2.08. The van der Waals surface area contributed by atoms with Crippen LogP contribution in [0.25, 0.3) is 5.69 Å². The minimum Gasteiger partial charge on any atom is -0.395 e. The summed E-state index contributed by atoms with van der Waals surface area (Å²) in [4.78, 5) is 0. The zero-order valence-corrected chi connectivity index (χ0v) is 10.6. The number of aromatic nitrogens is 2. The molecule has 0 aliphatic carbocycles. The smallest absolute Gasteiger partial charge is 0.0645 e. The molecule has 0 aliphatic rings. The minimum atomic E-state index is 0.177. The van der Waals surface area contributed by atoms with Crippen molar-refractivity contribution in [3.8, 4) is 5.69 Å². The predicted molar refractivity (Wildman–Crippen MR) is 71.6 cm³/mol. The Morgan fingerprint density at radius 3 is 2.67 bits per heavy atom. The summed E-state index contributed by atoms with van der Waals surface area (Å²) in [5.41, 5.74) is 2.26. The molecule has 0 radical (unpaired) electrons. The molecule has 96 valence electrons. The van der Waals surface area contributed by atoms with E-state index >= 15 is 0 Å². The van der Waals surface area contributed by atoms with Crippen LogP contribution in [0.5, 0.6) is 0 Å². The van der Waals surface area contributed by atoms with Crippen molar-refractivity contribution in [2.24, 2.45) is 0 Å². The van der Waals surface area contributed by atoms with Crippen molar-refractivity contribution >= 4 is 0 Å². The van der Waals surface area contributed by atoms with Gasteiger partial charge < -0.3 is 10.4 Å². The van der Waals surface area contributed by atoms with E-state index in [2.05, 4.69) is 29.5 Å².